The number of phenolic OH excluding ortho intramolecular Hbond substituents is 1. The Balaban J connectivity index is 2.60. The number of hydrogen-bond acceptors (Lipinski definition) is 3. The van der Waals surface area contributed by atoms with E-state index in [1.165, 1.54) is 0 Å². The molecule has 0 aliphatic rings. The van der Waals surface area contributed by atoms with Gasteiger partial charge in [0.15, 0.2) is 0 Å². The molecule has 0 amide bonds. The molecule has 0 aliphatic heterocycles. The van der Waals surface area contributed by atoms with Crippen molar-refractivity contribution in [2.24, 2.45) is 5.73 Å². The Morgan fingerprint density at radius 3 is 2.77 bits per heavy atom. The van der Waals surface area contributed by atoms with E-state index >= 15 is 0 Å². The van der Waals surface area contributed by atoms with Crippen molar-refractivity contribution < 1.29 is 10.2 Å². The first-order valence-electron chi connectivity index (χ1n) is 4.39. The summed E-state index contributed by atoms with van der Waals surface area (Å²) in [4.78, 5) is 0. The third-order valence-corrected chi connectivity index (χ3v) is 1.97. The number of phenols is 1. The molecule has 1 aromatic carbocycles. The molecule has 1 aromatic rings. The van der Waals surface area contributed by atoms with E-state index in [4.69, 9.17) is 10.8 Å². The molecule has 3 heteroatoms. The highest BCUT2D eigenvalue weighted by Gasteiger charge is 2.05. The van der Waals surface area contributed by atoms with Crippen LogP contribution in [0.2, 0.25) is 0 Å². The molecule has 4 N–H and O–H groups in total. The van der Waals surface area contributed by atoms with E-state index in [1.54, 1.807) is 18.2 Å². The van der Waals surface area contributed by atoms with Crippen molar-refractivity contribution >= 4 is 0 Å². The van der Waals surface area contributed by atoms with E-state index in [1.807, 2.05) is 6.07 Å². The summed E-state index contributed by atoms with van der Waals surface area (Å²) in [7, 11) is 0. The maximum absolute atomic E-state index is 9.18. The average Bonchev–Trinajstić information content (AvgIpc) is 2.14. The molecule has 0 heterocycles. The highest BCUT2D eigenvalue weighted by molar-refractivity contribution is 5.29. The Labute approximate surface area is 77.8 Å². The summed E-state index contributed by atoms with van der Waals surface area (Å²) >= 11 is 0. The lowest BCUT2D eigenvalue weighted by atomic mass is 10.0. The fourth-order valence-electron chi connectivity index (χ4n) is 1.23. The quantitative estimate of drug-likeness (QED) is 0.653. The molecule has 0 aromatic heterocycles. The minimum absolute atomic E-state index is 0.0979. The number of benzene rings is 1. The third kappa shape index (κ3) is 3.05. The second-order valence-electron chi connectivity index (χ2n) is 3.07. The van der Waals surface area contributed by atoms with E-state index in [0.29, 0.717) is 6.42 Å². The molecule has 0 fully saturated rings. The fourth-order valence-corrected chi connectivity index (χ4v) is 1.23. The number of hydrogen-bond donors (Lipinski definition) is 3. The lowest BCUT2D eigenvalue weighted by Crippen LogP contribution is -2.10. The van der Waals surface area contributed by atoms with Gasteiger partial charge >= 0.3 is 0 Å². The van der Waals surface area contributed by atoms with Crippen LogP contribution in [0.15, 0.2) is 24.3 Å². The standard InChI is InChI=1S/C10H15NO2/c11-10(5-2-6-12)8-3-1-4-9(13)7-8/h1,3-4,7,10,12-13H,2,5-6,11H2/t10-/m1/s1. The molecular formula is C10H15NO2. The van der Waals surface area contributed by atoms with Gasteiger partial charge in [-0.3, -0.25) is 0 Å². The maximum atomic E-state index is 9.18. The second kappa shape index (κ2) is 4.84. The highest BCUT2D eigenvalue weighted by atomic mass is 16.3. The molecule has 72 valence electrons. The molecule has 1 rings (SSSR count). The molecule has 0 bridgehead atoms. The Hall–Kier alpha value is -1.06. The van der Waals surface area contributed by atoms with Crippen molar-refractivity contribution in [3.8, 4) is 5.75 Å². The van der Waals surface area contributed by atoms with Gasteiger partial charge in [-0.25, -0.2) is 0 Å². The van der Waals surface area contributed by atoms with Crippen molar-refractivity contribution in [2.75, 3.05) is 6.61 Å². The number of aromatic hydroxyl groups is 1. The van der Waals surface area contributed by atoms with Crippen LogP contribution >= 0.6 is 0 Å². The van der Waals surface area contributed by atoms with Gasteiger partial charge in [0.05, 0.1) is 0 Å². The van der Waals surface area contributed by atoms with Crippen LogP contribution in [0, 0.1) is 0 Å². The topological polar surface area (TPSA) is 66.5 Å². The zero-order chi connectivity index (χ0) is 9.68. The van der Waals surface area contributed by atoms with Gasteiger partial charge in [0.25, 0.3) is 0 Å². The first-order chi connectivity index (χ1) is 6.24. The maximum Gasteiger partial charge on any atom is 0.115 e. The lowest BCUT2D eigenvalue weighted by molar-refractivity contribution is 0.280. The Bertz CT molecular complexity index is 263. The Morgan fingerprint density at radius 1 is 1.38 bits per heavy atom. The lowest BCUT2D eigenvalue weighted by Gasteiger charge is -2.10. The fraction of sp³-hybridized carbons (Fsp3) is 0.400. The van der Waals surface area contributed by atoms with Crippen molar-refractivity contribution in [1.29, 1.82) is 0 Å². The van der Waals surface area contributed by atoms with Crippen LogP contribution < -0.4 is 5.73 Å². The second-order valence-corrected chi connectivity index (χ2v) is 3.07. The van der Waals surface area contributed by atoms with E-state index in [-0.39, 0.29) is 18.4 Å². The summed E-state index contributed by atoms with van der Waals surface area (Å²) in [6.07, 6.45) is 1.43. The summed E-state index contributed by atoms with van der Waals surface area (Å²) in [5.74, 6) is 0.233. The number of aliphatic hydroxyl groups is 1. The monoisotopic (exact) mass is 181 g/mol. The summed E-state index contributed by atoms with van der Waals surface area (Å²) < 4.78 is 0. The smallest absolute Gasteiger partial charge is 0.115 e. The molecular weight excluding hydrogens is 166 g/mol. The molecule has 0 unspecified atom stereocenters. The summed E-state index contributed by atoms with van der Waals surface area (Å²) in [6, 6.07) is 6.81. The summed E-state index contributed by atoms with van der Waals surface area (Å²) in [6.45, 7) is 0.159. The minimum Gasteiger partial charge on any atom is -0.508 e. The van der Waals surface area contributed by atoms with E-state index in [9.17, 15) is 5.11 Å². The van der Waals surface area contributed by atoms with Crippen LogP contribution in [-0.4, -0.2) is 16.8 Å². The normalized spacial score (nSPS) is 12.8. The first-order valence-corrected chi connectivity index (χ1v) is 4.39. The predicted octanol–water partition coefficient (Wildman–Crippen LogP) is 1.16. The van der Waals surface area contributed by atoms with Crippen LogP contribution in [0.4, 0.5) is 0 Å². The Kier molecular flexibility index (Phi) is 3.73. The van der Waals surface area contributed by atoms with Crippen LogP contribution in [0.3, 0.4) is 0 Å². The molecule has 0 aliphatic carbocycles. The van der Waals surface area contributed by atoms with Gasteiger partial charge in [-0.1, -0.05) is 12.1 Å². The van der Waals surface area contributed by atoms with Crippen molar-refractivity contribution in [3.05, 3.63) is 29.8 Å². The van der Waals surface area contributed by atoms with E-state index in [0.717, 1.165) is 12.0 Å². The molecule has 0 spiro atoms. The highest BCUT2D eigenvalue weighted by Crippen LogP contribution is 2.19. The molecule has 0 saturated carbocycles. The molecule has 0 radical (unpaired) electrons. The third-order valence-electron chi connectivity index (χ3n) is 1.97. The average molecular weight is 181 g/mol. The number of nitrogens with two attached hydrogens (primary N) is 1. The zero-order valence-electron chi connectivity index (χ0n) is 7.48. The molecule has 1 atom stereocenters. The SMILES string of the molecule is N[C@H](CCCO)c1cccc(O)c1. The van der Waals surface area contributed by atoms with Crippen LogP contribution in [-0.2, 0) is 0 Å². The van der Waals surface area contributed by atoms with Gasteiger partial charge in [-0.2, -0.15) is 0 Å². The summed E-state index contributed by atoms with van der Waals surface area (Å²) in [5, 5.41) is 17.8. The molecule has 3 nitrogen and oxygen atoms in total. The van der Waals surface area contributed by atoms with Crippen molar-refractivity contribution in [2.45, 2.75) is 18.9 Å². The molecule has 0 saturated heterocycles. The van der Waals surface area contributed by atoms with Crippen molar-refractivity contribution in [1.82, 2.24) is 0 Å². The van der Waals surface area contributed by atoms with E-state index in [2.05, 4.69) is 0 Å². The van der Waals surface area contributed by atoms with Gasteiger partial charge in [-0.15, -0.1) is 0 Å². The van der Waals surface area contributed by atoms with Crippen LogP contribution in [0.1, 0.15) is 24.4 Å². The predicted molar refractivity (Wildman–Crippen MR) is 51.4 cm³/mol. The molecule has 13 heavy (non-hydrogen) atoms. The van der Waals surface area contributed by atoms with Gasteiger partial charge in [-0.05, 0) is 30.5 Å². The van der Waals surface area contributed by atoms with Gasteiger partial charge in [0, 0.05) is 12.6 Å². The number of aliphatic hydroxyl groups excluding tert-OH is 1. The van der Waals surface area contributed by atoms with Gasteiger partial charge in [0.2, 0.25) is 0 Å². The van der Waals surface area contributed by atoms with Gasteiger partial charge in [0.1, 0.15) is 5.75 Å². The van der Waals surface area contributed by atoms with Gasteiger partial charge < -0.3 is 15.9 Å². The van der Waals surface area contributed by atoms with Crippen molar-refractivity contribution in [3.63, 3.8) is 0 Å². The van der Waals surface area contributed by atoms with E-state index < -0.39 is 0 Å². The number of rotatable bonds is 4. The summed E-state index contributed by atoms with van der Waals surface area (Å²) in [5.41, 5.74) is 6.74. The zero-order valence-corrected chi connectivity index (χ0v) is 7.48. The Morgan fingerprint density at radius 2 is 2.15 bits per heavy atom. The van der Waals surface area contributed by atoms with Crippen LogP contribution in [0.25, 0.3) is 0 Å². The van der Waals surface area contributed by atoms with Crippen LogP contribution in [0.5, 0.6) is 5.75 Å². The largest absolute Gasteiger partial charge is 0.508 e. The minimum atomic E-state index is -0.0979. The first kappa shape index (κ1) is 10.0.